The summed E-state index contributed by atoms with van der Waals surface area (Å²) in [7, 11) is 0. The molecule has 0 heterocycles. The second-order valence-corrected chi connectivity index (χ2v) is 11.4. The van der Waals surface area contributed by atoms with E-state index in [2.05, 4.69) is 20.8 Å². The van der Waals surface area contributed by atoms with Gasteiger partial charge in [-0.2, -0.15) is 0 Å². The lowest BCUT2D eigenvalue weighted by Gasteiger charge is -2.62. The summed E-state index contributed by atoms with van der Waals surface area (Å²) in [6.07, 6.45) is 9.19. The fraction of sp³-hybridized carbons (Fsp3) is 0.958. The molecule has 4 heteroatoms. The molecule has 3 N–H and O–H groups in total. The average Bonchev–Trinajstić information content (AvgIpc) is 2.98. The minimum Gasteiger partial charge on any atom is -0.481 e. The Morgan fingerprint density at radius 2 is 1.68 bits per heavy atom. The molecule has 0 aliphatic heterocycles. The van der Waals surface area contributed by atoms with Gasteiger partial charge in [-0.1, -0.05) is 20.8 Å². The number of carboxylic acids is 1. The van der Waals surface area contributed by atoms with E-state index < -0.39 is 5.97 Å². The van der Waals surface area contributed by atoms with Crippen molar-refractivity contribution in [1.29, 1.82) is 0 Å². The first-order valence-electron chi connectivity index (χ1n) is 11.7. The number of carbonyl (C=O) groups is 1. The minimum absolute atomic E-state index is 0.179. The fourth-order valence-electron chi connectivity index (χ4n) is 8.73. The molecule has 4 aliphatic carbocycles. The zero-order valence-corrected chi connectivity index (χ0v) is 17.9. The molecule has 2 unspecified atom stereocenters. The van der Waals surface area contributed by atoms with Gasteiger partial charge in [0, 0.05) is 6.42 Å². The van der Waals surface area contributed by atoms with Crippen LogP contribution in [0.15, 0.2) is 0 Å². The highest BCUT2D eigenvalue weighted by atomic mass is 16.4. The van der Waals surface area contributed by atoms with Crippen LogP contribution < -0.4 is 0 Å². The minimum atomic E-state index is -0.684. The summed E-state index contributed by atoms with van der Waals surface area (Å²) in [6.45, 7) is 7.16. The van der Waals surface area contributed by atoms with E-state index in [1.54, 1.807) is 0 Å². The Balaban J connectivity index is 1.55. The lowest BCUT2D eigenvalue weighted by molar-refractivity contribution is -0.174. The number of hydrogen-bond acceptors (Lipinski definition) is 3. The van der Waals surface area contributed by atoms with Crippen molar-refractivity contribution in [1.82, 2.24) is 0 Å². The van der Waals surface area contributed by atoms with Gasteiger partial charge in [0.1, 0.15) is 0 Å². The van der Waals surface area contributed by atoms with Crippen molar-refractivity contribution < 1.29 is 20.1 Å². The maximum atomic E-state index is 11.2. The second-order valence-electron chi connectivity index (χ2n) is 11.4. The maximum absolute atomic E-state index is 11.2. The number of aliphatic hydroxyl groups is 2. The number of fused-ring (bicyclic) bond motifs is 5. The van der Waals surface area contributed by atoms with Crippen LogP contribution in [0.3, 0.4) is 0 Å². The van der Waals surface area contributed by atoms with Crippen LogP contribution in [0, 0.1) is 46.3 Å². The van der Waals surface area contributed by atoms with Gasteiger partial charge in [-0.25, -0.2) is 0 Å². The molecule has 10 atom stereocenters. The Hall–Kier alpha value is -0.610. The number of rotatable bonds is 4. The Bertz CT molecular complexity index is 605. The first-order chi connectivity index (χ1) is 13.2. The summed E-state index contributed by atoms with van der Waals surface area (Å²) in [4.78, 5) is 11.1. The Labute approximate surface area is 170 Å². The van der Waals surface area contributed by atoms with Gasteiger partial charge in [-0.15, -0.1) is 0 Å². The van der Waals surface area contributed by atoms with E-state index in [0.29, 0.717) is 35.5 Å². The van der Waals surface area contributed by atoms with Gasteiger partial charge in [0.05, 0.1) is 12.2 Å². The van der Waals surface area contributed by atoms with Crippen LogP contribution >= 0.6 is 0 Å². The van der Waals surface area contributed by atoms with E-state index in [-0.39, 0.29) is 29.5 Å². The highest BCUT2D eigenvalue weighted by molar-refractivity contribution is 5.66. The van der Waals surface area contributed by atoms with Gasteiger partial charge in [0.15, 0.2) is 0 Å². The van der Waals surface area contributed by atoms with E-state index in [1.807, 2.05) is 0 Å². The largest absolute Gasteiger partial charge is 0.481 e. The summed E-state index contributed by atoms with van der Waals surface area (Å²) in [6, 6.07) is 0. The normalized spacial score (nSPS) is 51.7. The highest BCUT2D eigenvalue weighted by Gasteiger charge is 2.62. The average molecular weight is 393 g/mol. The number of carboxylic acid groups (broad SMARTS) is 1. The lowest BCUT2D eigenvalue weighted by atomic mass is 9.43. The first kappa shape index (κ1) is 20.7. The summed E-state index contributed by atoms with van der Waals surface area (Å²) in [5.41, 5.74) is 0.523. The SMILES string of the molecule is C[C@H](CCC(=O)O)[C@H]1CC[C@H]2C3[C@@H](O)CC4C[C@H](O)CC[C@]4(C)[C@H]3CC[C@]12C. The van der Waals surface area contributed by atoms with Crippen molar-refractivity contribution in [3.8, 4) is 0 Å². The van der Waals surface area contributed by atoms with Crippen LogP contribution in [0.4, 0.5) is 0 Å². The van der Waals surface area contributed by atoms with Crippen molar-refractivity contribution in [2.24, 2.45) is 46.3 Å². The van der Waals surface area contributed by atoms with Crippen LogP contribution in [0.2, 0.25) is 0 Å². The van der Waals surface area contributed by atoms with Gasteiger partial charge in [-0.05, 0) is 104 Å². The fourth-order valence-corrected chi connectivity index (χ4v) is 8.73. The molecule has 0 aromatic carbocycles. The predicted octanol–water partition coefficient (Wildman–Crippen LogP) is 4.48. The van der Waals surface area contributed by atoms with Crippen LogP contribution in [0.5, 0.6) is 0 Å². The summed E-state index contributed by atoms with van der Waals surface area (Å²) >= 11 is 0. The third-order valence-electron chi connectivity index (χ3n) is 10.2. The van der Waals surface area contributed by atoms with Crippen LogP contribution in [0.25, 0.3) is 0 Å². The molecule has 4 fully saturated rings. The Kier molecular flexibility index (Phi) is 5.36. The monoisotopic (exact) mass is 392 g/mol. The molecule has 0 aromatic heterocycles. The van der Waals surface area contributed by atoms with Gasteiger partial charge in [-0.3, -0.25) is 4.79 Å². The molecule has 4 aliphatic rings. The number of aliphatic hydroxyl groups excluding tert-OH is 2. The van der Waals surface area contributed by atoms with Crippen LogP contribution in [0.1, 0.15) is 85.0 Å². The van der Waals surface area contributed by atoms with Gasteiger partial charge >= 0.3 is 5.97 Å². The first-order valence-corrected chi connectivity index (χ1v) is 11.7. The molecule has 0 amide bonds. The summed E-state index contributed by atoms with van der Waals surface area (Å²) in [5, 5.41) is 30.5. The molecule has 0 bridgehead atoms. The molecule has 4 nitrogen and oxygen atoms in total. The van der Waals surface area contributed by atoms with Crippen molar-refractivity contribution in [3.63, 3.8) is 0 Å². The molecule has 28 heavy (non-hydrogen) atoms. The van der Waals surface area contributed by atoms with Gasteiger partial charge in [0.2, 0.25) is 0 Å². The molecule has 160 valence electrons. The molecule has 0 spiro atoms. The van der Waals surface area contributed by atoms with Gasteiger partial charge in [0.25, 0.3) is 0 Å². The van der Waals surface area contributed by atoms with E-state index in [0.717, 1.165) is 32.1 Å². The van der Waals surface area contributed by atoms with E-state index in [1.165, 1.54) is 25.7 Å². The van der Waals surface area contributed by atoms with Crippen LogP contribution in [-0.2, 0) is 4.79 Å². The zero-order valence-electron chi connectivity index (χ0n) is 17.9. The number of hydrogen-bond donors (Lipinski definition) is 3. The molecule has 0 saturated heterocycles. The third-order valence-corrected chi connectivity index (χ3v) is 10.2. The predicted molar refractivity (Wildman–Crippen MR) is 109 cm³/mol. The van der Waals surface area contributed by atoms with Crippen molar-refractivity contribution in [2.45, 2.75) is 97.2 Å². The molecule has 4 rings (SSSR count). The summed E-state index contributed by atoms with van der Waals surface area (Å²) in [5.74, 6) is 2.36. The Morgan fingerprint density at radius 1 is 1.00 bits per heavy atom. The van der Waals surface area contributed by atoms with Crippen molar-refractivity contribution in [2.75, 3.05) is 0 Å². The molecule has 0 aromatic rings. The van der Waals surface area contributed by atoms with E-state index in [9.17, 15) is 15.0 Å². The zero-order chi connectivity index (χ0) is 20.3. The lowest BCUT2D eigenvalue weighted by Crippen LogP contribution is -2.58. The van der Waals surface area contributed by atoms with Crippen molar-refractivity contribution in [3.05, 3.63) is 0 Å². The third kappa shape index (κ3) is 3.14. The van der Waals surface area contributed by atoms with Crippen LogP contribution in [-0.4, -0.2) is 33.5 Å². The highest BCUT2D eigenvalue weighted by Crippen LogP contribution is 2.68. The molecular weight excluding hydrogens is 352 g/mol. The quantitative estimate of drug-likeness (QED) is 0.659. The molecule has 4 saturated carbocycles. The topological polar surface area (TPSA) is 77.8 Å². The van der Waals surface area contributed by atoms with E-state index in [4.69, 9.17) is 5.11 Å². The maximum Gasteiger partial charge on any atom is 0.303 e. The molecular formula is C24H40O4. The standard InChI is InChI=1S/C24H40O4/c1-14(4-7-21(27)28)17-5-6-18-22-19(9-11-24(17,18)3)23(2)10-8-16(25)12-15(23)13-20(22)26/h14-20,22,25-26H,4-13H2,1-3H3,(H,27,28)/t14-,15?,16-,17-,18+,19+,20+,22?,23+,24-/m1/s1. The molecule has 0 radical (unpaired) electrons. The Morgan fingerprint density at radius 3 is 2.39 bits per heavy atom. The number of aliphatic carboxylic acids is 1. The summed E-state index contributed by atoms with van der Waals surface area (Å²) < 4.78 is 0. The van der Waals surface area contributed by atoms with Crippen molar-refractivity contribution >= 4 is 5.97 Å². The smallest absolute Gasteiger partial charge is 0.303 e. The van der Waals surface area contributed by atoms with Gasteiger partial charge < -0.3 is 15.3 Å². The second kappa shape index (κ2) is 7.27. The van der Waals surface area contributed by atoms with E-state index >= 15 is 0 Å².